The normalized spacial score (nSPS) is 17.4. The molecule has 0 unspecified atom stereocenters. The molecule has 1 aromatic carbocycles. The number of hydrogen-bond donors (Lipinski definition) is 2. The van der Waals surface area contributed by atoms with Crippen molar-refractivity contribution in [2.24, 2.45) is 5.41 Å². The number of aryl methyl sites for hydroxylation is 1. The molecule has 0 radical (unpaired) electrons. The molecule has 1 aromatic heterocycles. The Morgan fingerprint density at radius 2 is 2.00 bits per heavy atom. The second kappa shape index (κ2) is 4.23. The number of aromatic nitrogens is 1. The van der Waals surface area contributed by atoms with Gasteiger partial charge in [-0.05, 0) is 41.0 Å². The monoisotopic (exact) mass is 269 g/mol. The van der Waals surface area contributed by atoms with Crippen LogP contribution in [0.25, 0.3) is 16.5 Å². The number of carbonyl (C=O) groups is 1. The lowest BCUT2D eigenvalue weighted by molar-refractivity contribution is -0.133. The average molecular weight is 269 g/mol. The minimum Gasteiger partial charge on any atom is -0.478 e. The van der Waals surface area contributed by atoms with Crippen LogP contribution < -0.4 is 0 Å². The molecule has 1 aliphatic rings. The van der Waals surface area contributed by atoms with E-state index in [9.17, 15) is 9.90 Å². The molecule has 3 heteroatoms. The Kier molecular flexibility index (Phi) is 2.75. The molecule has 3 nitrogen and oxygen atoms in total. The number of aromatic amines is 1. The van der Waals surface area contributed by atoms with Gasteiger partial charge in [-0.15, -0.1) is 0 Å². The second-order valence-electron chi connectivity index (χ2n) is 6.45. The molecule has 1 heterocycles. The van der Waals surface area contributed by atoms with Crippen LogP contribution >= 0.6 is 0 Å². The summed E-state index contributed by atoms with van der Waals surface area (Å²) >= 11 is 0. The highest BCUT2D eigenvalue weighted by Crippen LogP contribution is 2.41. The summed E-state index contributed by atoms with van der Waals surface area (Å²) in [6.07, 6.45) is 3.74. The van der Waals surface area contributed by atoms with E-state index in [1.54, 1.807) is 0 Å². The van der Waals surface area contributed by atoms with Gasteiger partial charge in [-0.3, -0.25) is 0 Å². The first-order valence-electron chi connectivity index (χ1n) is 6.96. The van der Waals surface area contributed by atoms with E-state index in [-0.39, 0.29) is 5.41 Å². The molecule has 0 amide bonds. The number of hydrogen-bond acceptors (Lipinski definition) is 1. The predicted octanol–water partition coefficient (Wildman–Crippen LogP) is 4.00. The Morgan fingerprint density at radius 3 is 2.65 bits per heavy atom. The quantitative estimate of drug-likeness (QED) is 0.769. The van der Waals surface area contributed by atoms with Crippen LogP contribution in [0.15, 0.2) is 30.0 Å². The van der Waals surface area contributed by atoms with Crippen molar-refractivity contribution < 1.29 is 9.90 Å². The van der Waals surface area contributed by atoms with Gasteiger partial charge < -0.3 is 10.1 Å². The van der Waals surface area contributed by atoms with Gasteiger partial charge in [0.2, 0.25) is 0 Å². The van der Waals surface area contributed by atoms with Crippen molar-refractivity contribution >= 4 is 22.4 Å². The summed E-state index contributed by atoms with van der Waals surface area (Å²) in [5.41, 5.74) is 4.63. The highest BCUT2D eigenvalue weighted by atomic mass is 16.4. The predicted molar refractivity (Wildman–Crippen MR) is 80.6 cm³/mol. The first-order valence-corrected chi connectivity index (χ1v) is 6.96. The van der Waals surface area contributed by atoms with E-state index in [1.165, 1.54) is 10.9 Å². The number of rotatable bonds is 1. The molecule has 0 bridgehead atoms. The van der Waals surface area contributed by atoms with Gasteiger partial charge in [0.15, 0.2) is 0 Å². The van der Waals surface area contributed by atoms with Gasteiger partial charge in [-0.2, -0.15) is 0 Å². The smallest absolute Gasteiger partial charge is 0.332 e. The molecule has 0 atom stereocenters. The number of carboxylic acid groups (broad SMARTS) is 1. The first-order chi connectivity index (χ1) is 9.39. The molecule has 3 rings (SSSR count). The molecule has 1 aliphatic carbocycles. The lowest BCUT2D eigenvalue weighted by Gasteiger charge is -2.26. The van der Waals surface area contributed by atoms with Gasteiger partial charge in [0.1, 0.15) is 0 Å². The summed E-state index contributed by atoms with van der Waals surface area (Å²) in [5, 5.41) is 10.8. The zero-order chi connectivity index (χ0) is 14.5. The number of H-pyrrole nitrogens is 1. The second-order valence-corrected chi connectivity index (χ2v) is 6.45. The van der Waals surface area contributed by atoms with Crippen molar-refractivity contribution in [2.75, 3.05) is 0 Å². The highest BCUT2D eigenvalue weighted by Gasteiger charge is 2.30. The molecule has 2 aromatic rings. The van der Waals surface area contributed by atoms with Crippen molar-refractivity contribution in [2.45, 2.75) is 33.6 Å². The molecule has 0 saturated carbocycles. The maximum Gasteiger partial charge on any atom is 0.332 e. The van der Waals surface area contributed by atoms with Crippen molar-refractivity contribution in [3.05, 3.63) is 41.1 Å². The van der Waals surface area contributed by atoms with Crippen molar-refractivity contribution in [3.8, 4) is 0 Å². The molecule has 20 heavy (non-hydrogen) atoms. The molecular formula is C17H19NO2. The minimum absolute atomic E-state index is 0.364. The summed E-state index contributed by atoms with van der Waals surface area (Å²) in [4.78, 5) is 15.0. The van der Waals surface area contributed by atoms with E-state index in [0.717, 1.165) is 29.5 Å². The first kappa shape index (κ1) is 13.0. The average Bonchev–Trinajstić information content (AvgIpc) is 2.75. The molecular weight excluding hydrogens is 250 g/mol. The van der Waals surface area contributed by atoms with E-state index < -0.39 is 5.97 Å². The summed E-state index contributed by atoms with van der Waals surface area (Å²) in [6, 6.07) is 6.08. The standard InChI is InChI=1S/C17H19NO2/c1-17(2,3)15(16(19)20)12-8-7-10-9-18-13-6-4-5-11(12)14(10)13/h4-6,9,18H,7-8H2,1-3H3,(H,19,20)/b15-12-. The number of benzene rings is 1. The van der Waals surface area contributed by atoms with Crippen LogP contribution in [0.3, 0.4) is 0 Å². The Hall–Kier alpha value is -2.03. The summed E-state index contributed by atoms with van der Waals surface area (Å²) < 4.78 is 0. The summed E-state index contributed by atoms with van der Waals surface area (Å²) in [7, 11) is 0. The van der Waals surface area contributed by atoms with Gasteiger partial charge in [0, 0.05) is 22.7 Å². The van der Waals surface area contributed by atoms with Crippen LogP contribution in [0.4, 0.5) is 0 Å². The molecule has 104 valence electrons. The fourth-order valence-corrected chi connectivity index (χ4v) is 3.26. The van der Waals surface area contributed by atoms with Crippen LogP contribution in [0.2, 0.25) is 0 Å². The molecule has 0 spiro atoms. The lowest BCUT2D eigenvalue weighted by atomic mass is 9.77. The van der Waals surface area contributed by atoms with E-state index in [0.29, 0.717) is 5.57 Å². The van der Waals surface area contributed by atoms with E-state index >= 15 is 0 Å². The topological polar surface area (TPSA) is 53.1 Å². The summed E-state index contributed by atoms with van der Waals surface area (Å²) in [6.45, 7) is 5.91. The Bertz CT molecular complexity index is 729. The van der Waals surface area contributed by atoms with Crippen LogP contribution in [0.5, 0.6) is 0 Å². The highest BCUT2D eigenvalue weighted by molar-refractivity contribution is 6.04. The van der Waals surface area contributed by atoms with Crippen molar-refractivity contribution in [1.29, 1.82) is 0 Å². The van der Waals surface area contributed by atoms with Gasteiger partial charge in [0.25, 0.3) is 0 Å². The maximum atomic E-state index is 11.7. The Morgan fingerprint density at radius 1 is 1.25 bits per heavy atom. The third-order valence-corrected chi connectivity index (χ3v) is 4.02. The van der Waals surface area contributed by atoms with Gasteiger partial charge in [-0.25, -0.2) is 4.79 Å². The zero-order valence-electron chi connectivity index (χ0n) is 12.1. The minimum atomic E-state index is -0.802. The van der Waals surface area contributed by atoms with E-state index in [2.05, 4.69) is 4.98 Å². The summed E-state index contributed by atoms with van der Waals surface area (Å²) in [5.74, 6) is -0.802. The van der Waals surface area contributed by atoms with E-state index in [1.807, 2.05) is 45.2 Å². The number of nitrogens with one attached hydrogen (secondary N) is 1. The Balaban J connectivity index is 2.36. The fraction of sp³-hybridized carbons (Fsp3) is 0.353. The largest absolute Gasteiger partial charge is 0.478 e. The third-order valence-electron chi connectivity index (χ3n) is 4.02. The van der Waals surface area contributed by atoms with Crippen LogP contribution in [0, 0.1) is 5.41 Å². The maximum absolute atomic E-state index is 11.7. The lowest BCUT2D eigenvalue weighted by Crippen LogP contribution is -2.20. The van der Waals surface area contributed by atoms with Gasteiger partial charge in [0.05, 0.1) is 0 Å². The SMILES string of the molecule is CC(C)(C)/C(C(=O)O)=C1/CCc2c[nH]c3cccc1c23. The van der Waals surface area contributed by atoms with E-state index in [4.69, 9.17) is 0 Å². The van der Waals surface area contributed by atoms with Crippen molar-refractivity contribution in [1.82, 2.24) is 4.98 Å². The molecule has 0 fully saturated rings. The zero-order valence-corrected chi connectivity index (χ0v) is 12.1. The third kappa shape index (κ3) is 1.85. The van der Waals surface area contributed by atoms with Gasteiger partial charge >= 0.3 is 5.97 Å². The van der Waals surface area contributed by atoms with Crippen LogP contribution in [-0.4, -0.2) is 16.1 Å². The molecule has 2 N–H and O–H groups in total. The number of allylic oxidation sites excluding steroid dienone is 1. The fourth-order valence-electron chi connectivity index (χ4n) is 3.26. The van der Waals surface area contributed by atoms with Crippen LogP contribution in [0.1, 0.15) is 38.3 Å². The Labute approximate surface area is 118 Å². The number of aliphatic carboxylic acids is 1. The number of carboxylic acids is 1. The molecule has 0 saturated heterocycles. The van der Waals surface area contributed by atoms with Crippen LogP contribution in [-0.2, 0) is 11.2 Å². The molecule has 0 aliphatic heterocycles. The van der Waals surface area contributed by atoms with Gasteiger partial charge in [-0.1, -0.05) is 32.9 Å². The van der Waals surface area contributed by atoms with Crippen molar-refractivity contribution in [3.63, 3.8) is 0 Å².